The van der Waals surface area contributed by atoms with Gasteiger partial charge in [0.05, 0.1) is 34.4 Å². The van der Waals surface area contributed by atoms with Gasteiger partial charge in [0.15, 0.2) is 12.1 Å². The van der Waals surface area contributed by atoms with Gasteiger partial charge in [-0.3, -0.25) is 9.59 Å². The predicted molar refractivity (Wildman–Crippen MR) is 247 cm³/mol. The minimum absolute atomic E-state index is 0.0228. The lowest BCUT2D eigenvalue weighted by atomic mass is 10.1. The van der Waals surface area contributed by atoms with Crippen LogP contribution in [0.4, 0.5) is 0 Å². The predicted octanol–water partition coefficient (Wildman–Crippen LogP) is 12.5. The molecule has 0 fully saturated rings. The first-order chi connectivity index (χ1) is 28.6. The van der Waals surface area contributed by atoms with Gasteiger partial charge in [0.2, 0.25) is 0 Å². The number of carboxylic acid groups (broad SMARTS) is 1. The van der Waals surface area contributed by atoms with Crippen LogP contribution in [0.15, 0.2) is 109 Å². The molecular weight excluding hydrogens is 739 g/mol. The smallest absolute Gasteiger partial charge is 0.362 e. The number of allylic oxidation sites excluding steroid dienone is 18. The molecule has 0 rings (SSSR count). The zero-order valence-corrected chi connectivity index (χ0v) is 37.7. The molecule has 0 saturated heterocycles. The fraction of sp³-hybridized carbons (Fsp3) is 0.588. The molecule has 0 radical (unpaired) electrons. The van der Waals surface area contributed by atoms with Gasteiger partial charge in [-0.2, -0.15) is 0 Å². The molecule has 59 heavy (non-hydrogen) atoms. The Balaban J connectivity index is 4.52. The van der Waals surface area contributed by atoms with Crippen molar-refractivity contribution in [1.29, 1.82) is 0 Å². The lowest BCUT2D eigenvalue weighted by Crippen LogP contribution is -2.50. The number of ether oxygens (including phenoxy) is 3. The van der Waals surface area contributed by atoms with Crippen LogP contribution in [0.25, 0.3) is 0 Å². The van der Waals surface area contributed by atoms with Crippen molar-refractivity contribution < 1.29 is 38.2 Å². The largest absolute Gasteiger partial charge is 0.477 e. The number of quaternary nitrogens is 1. The lowest BCUT2D eigenvalue weighted by Gasteiger charge is -2.31. The number of esters is 2. The molecule has 2 atom stereocenters. The third-order valence-corrected chi connectivity index (χ3v) is 9.25. The quantitative estimate of drug-likeness (QED) is 0.0218. The molecule has 0 spiro atoms. The summed E-state index contributed by atoms with van der Waals surface area (Å²) in [5, 5.41) is 9.62. The zero-order chi connectivity index (χ0) is 43.5. The first kappa shape index (κ1) is 55.0. The van der Waals surface area contributed by atoms with Gasteiger partial charge < -0.3 is 23.8 Å². The summed E-state index contributed by atoms with van der Waals surface area (Å²) in [6, 6.07) is -0.636. The van der Waals surface area contributed by atoms with Crippen LogP contribution < -0.4 is 0 Å². The van der Waals surface area contributed by atoms with E-state index in [2.05, 4.69) is 86.8 Å². The van der Waals surface area contributed by atoms with Crippen molar-refractivity contribution in [2.45, 2.75) is 154 Å². The Morgan fingerprint density at radius 2 is 1.02 bits per heavy atom. The Morgan fingerprint density at radius 3 is 1.59 bits per heavy atom. The topological polar surface area (TPSA) is 99.1 Å². The number of nitrogens with zero attached hydrogens (tertiary/aromatic N) is 1. The molecule has 8 nitrogen and oxygen atoms in total. The molecule has 0 aromatic heterocycles. The van der Waals surface area contributed by atoms with Crippen LogP contribution in [0.5, 0.6) is 0 Å². The number of aliphatic carboxylic acids is 1. The Labute approximate surface area is 359 Å². The van der Waals surface area contributed by atoms with E-state index in [1.165, 1.54) is 32.1 Å². The SMILES string of the molecule is CCC/C=C/C=C/C=C/C=C/C=C/CCCCCCCC(=O)OCC(COCCC(C(=O)O)[N+](C)(C)C)OC(=O)CCC/C=C/C/C=C/C/C=C/C/C=C/CCCCC. The van der Waals surface area contributed by atoms with Crippen molar-refractivity contribution in [2.75, 3.05) is 41.0 Å². The second-order valence-electron chi connectivity index (χ2n) is 15.7. The van der Waals surface area contributed by atoms with E-state index in [0.717, 1.165) is 70.6 Å². The number of hydrogen-bond acceptors (Lipinski definition) is 6. The second-order valence-corrected chi connectivity index (χ2v) is 15.7. The van der Waals surface area contributed by atoms with Crippen LogP contribution in [0.1, 0.15) is 142 Å². The highest BCUT2D eigenvalue weighted by Crippen LogP contribution is 2.12. The van der Waals surface area contributed by atoms with E-state index >= 15 is 0 Å². The van der Waals surface area contributed by atoms with Crippen LogP contribution in [-0.4, -0.2) is 80.6 Å². The number of carbonyl (C=O) groups excluding carboxylic acids is 2. The number of unbranched alkanes of at least 4 members (excludes halogenated alkanes) is 10. The van der Waals surface area contributed by atoms with E-state index in [1.807, 2.05) is 57.6 Å². The van der Waals surface area contributed by atoms with Crippen molar-refractivity contribution in [3.63, 3.8) is 0 Å². The fourth-order valence-electron chi connectivity index (χ4n) is 5.76. The maximum Gasteiger partial charge on any atom is 0.362 e. The third-order valence-electron chi connectivity index (χ3n) is 9.25. The molecule has 332 valence electrons. The van der Waals surface area contributed by atoms with Gasteiger partial charge in [-0.05, 0) is 70.6 Å². The van der Waals surface area contributed by atoms with E-state index in [-0.39, 0.29) is 42.7 Å². The molecule has 0 aliphatic carbocycles. The Bertz CT molecular complexity index is 1330. The number of likely N-dealkylation sites (N-methyl/N-ethyl adjacent to an activating group) is 1. The zero-order valence-electron chi connectivity index (χ0n) is 37.7. The summed E-state index contributed by atoms with van der Waals surface area (Å²) in [6.45, 7) is 4.51. The van der Waals surface area contributed by atoms with Crippen LogP contribution in [-0.2, 0) is 28.6 Å². The van der Waals surface area contributed by atoms with Gasteiger partial charge in [-0.15, -0.1) is 0 Å². The molecule has 0 saturated carbocycles. The highest BCUT2D eigenvalue weighted by Gasteiger charge is 2.31. The van der Waals surface area contributed by atoms with Crippen molar-refractivity contribution in [3.8, 4) is 0 Å². The van der Waals surface area contributed by atoms with Gasteiger partial charge in [-0.25, -0.2) is 4.79 Å². The summed E-state index contributed by atoms with van der Waals surface area (Å²) in [5.74, 6) is -1.59. The van der Waals surface area contributed by atoms with Gasteiger partial charge in [0.25, 0.3) is 0 Å². The summed E-state index contributed by atoms with van der Waals surface area (Å²) >= 11 is 0. The van der Waals surface area contributed by atoms with Crippen molar-refractivity contribution in [3.05, 3.63) is 109 Å². The van der Waals surface area contributed by atoms with Crippen LogP contribution in [0.2, 0.25) is 0 Å². The number of hydrogen-bond donors (Lipinski definition) is 1. The van der Waals surface area contributed by atoms with E-state index in [0.29, 0.717) is 19.3 Å². The molecule has 0 aliphatic heterocycles. The highest BCUT2D eigenvalue weighted by atomic mass is 16.6. The minimum atomic E-state index is -0.893. The Hall–Kier alpha value is -4.01. The molecule has 0 heterocycles. The summed E-state index contributed by atoms with van der Waals surface area (Å²) in [7, 11) is 5.48. The summed E-state index contributed by atoms with van der Waals surface area (Å²) in [4.78, 5) is 37.0. The third kappa shape index (κ3) is 39.2. The Kier molecular flexibility index (Phi) is 38.0. The summed E-state index contributed by atoms with van der Waals surface area (Å²) < 4.78 is 17.2. The molecule has 0 aromatic carbocycles. The van der Waals surface area contributed by atoms with Crippen molar-refractivity contribution >= 4 is 17.9 Å². The molecule has 8 heteroatoms. The van der Waals surface area contributed by atoms with Gasteiger partial charge in [-0.1, -0.05) is 162 Å². The van der Waals surface area contributed by atoms with Gasteiger partial charge in [0, 0.05) is 19.3 Å². The highest BCUT2D eigenvalue weighted by molar-refractivity contribution is 5.72. The standard InChI is InChI=1S/C51H81NO7/c1-6-8-10-12-14-16-18-20-22-24-26-27-29-31-33-35-37-39-41-49(53)58-46-47(45-57-44-43-48(51(55)56)52(3,4)5)59-50(54)42-40-38-36-34-32-30-28-25-23-21-19-17-15-13-11-9-7-2/h10,12,14-18,20-24,26-28,30,34,36,47-48H,6-9,11,13,19,25,29,31-33,35,37-46H2,1-5H3/p+1/b12-10+,16-14+,17-15+,20-18+,23-21+,24-22+,27-26+,30-28+,36-34+. The first-order valence-electron chi connectivity index (χ1n) is 22.5. The van der Waals surface area contributed by atoms with Gasteiger partial charge in [0.1, 0.15) is 6.61 Å². The summed E-state index contributed by atoms with van der Waals surface area (Å²) in [6.07, 6.45) is 55.6. The average molecular weight is 821 g/mol. The number of carboxylic acids is 1. The van der Waals surface area contributed by atoms with Crippen LogP contribution in [0.3, 0.4) is 0 Å². The number of rotatable bonds is 38. The van der Waals surface area contributed by atoms with Crippen LogP contribution >= 0.6 is 0 Å². The minimum Gasteiger partial charge on any atom is -0.477 e. The number of carbonyl (C=O) groups is 3. The van der Waals surface area contributed by atoms with E-state index in [1.54, 1.807) is 0 Å². The van der Waals surface area contributed by atoms with Gasteiger partial charge >= 0.3 is 17.9 Å². The van der Waals surface area contributed by atoms with E-state index in [4.69, 9.17) is 14.2 Å². The van der Waals surface area contributed by atoms with Crippen molar-refractivity contribution in [1.82, 2.24) is 0 Å². The first-order valence-corrected chi connectivity index (χ1v) is 22.5. The lowest BCUT2D eigenvalue weighted by molar-refractivity contribution is -0.887. The monoisotopic (exact) mass is 821 g/mol. The molecule has 0 aliphatic rings. The molecule has 0 aromatic rings. The molecule has 0 bridgehead atoms. The summed E-state index contributed by atoms with van der Waals surface area (Å²) in [5.41, 5.74) is 0. The fourth-order valence-corrected chi connectivity index (χ4v) is 5.76. The van der Waals surface area contributed by atoms with Crippen molar-refractivity contribution in [2.24, 2.45) is 0 Å². The van der Waals surface area contributed by atoms with Crippen LogP contribution in [0, 0.1) is 0 Å². The molecular formula is C51H82NO7+. The normalized spacial score (nSPS) is 14.0. The average Bonchev–Trinajstić information content (AvgIpc) is 3.19. The Morgan fingerprint density at radius 1 is 0.525 bits per heavy atom. The van der Waals surface area contributed by atoms with E-state index < -0.39 is 18.1 Å². The molecule has 2 unspecified atom stereocenters. The second kappa shape index (κ2) is 40.8. The molecule has 0 amide bonds. The molecule has 1 N–H and O–H groups in total. The maximum absolute atomic E-state index is 12.7. The maximum atomic E-state index is 12.7. The van der Waals surface area contributed by atoms with E-state index in [9.17, 15) is 19.5 Å².